The summed E-state index contributed by atoms with van der Waals surface area (Å²) in [6.07, 6.45) is 7.09. The van der Waals surface area contributed by atoms with Gasteiger partial charge in [-0.2, -0.15) is 0 Å². The third kappa shape index (κ3) is 7.77. The van der Waals surface area contributed by atoms with Crippen molar-refractivity contribution in [3.05, 3.63) is 125 Å². The Bertz CT molecular complexity index is 1360. The molecule has 0 N–H and O–H groups in total. The lowest BCUT2D eigenvalue weighted by Gasteiger charge is -2.05. The zero-order chi connectivity index (χ0) is 26.1. The number of halogens is 1. The van der Waals surface area contributed by atoms with Crippen LogP contribution in [0.15, 0.2) is 91.0 Å². The Labute approximate surface area is 210 Å². The van der Waals surface area contributed by atoms with Crippen molar-refractivity contribution in [3.8, 4) is 5.75 Å². The highest BCUT2D eigenvalue weighted by molar-refractivity contribution is 5.89. The Morgan fingerprint density at radius 3 is 2.06 bits per heavy atom. The van der Waals surface area contributed by atoms with E-state index in [1.54, 1.807) is 56.3 Å². The van der Waals surface area contributed by atoms with Gasteiger partial charge in [-0.3, -0.25) is 0 Å². The van der Waals surface area contributed by atoms with Crippen LogP contribution in [0.5, 0.6) is 5.75 Å². The van der Waals surface area contributed by atoms with Crippen LogP contribution in [0, 0.1) is 5.82 Å². The van der Waals surface area contributed by atoms with Crippen LogP contribution in [0.25, 0.3) is 24.3 Å². The number of carbonyl (C=O) groups excluding carboxylic acids is 2. The van der Waals surface area contributed by atoms with Crippen molar-refractivity contribution in [3.63, 3.8) is 0 Å². The van der Waals surface area contributed by atoms with E-state index in [1.165, 1.54) is 6.07 Å². The quantitative estimate of drug-likeness (QED) is 0.139. The fourth-order valence-corrected chi connectivity index (χ4v) is 3.10. The van der Waals surface area contributed by atoms with E-state index in [0.29, 0.717) is 28.0 Å². The van der Waals surface area contributed by atoms with Crippen LogP contribution in [0.1, 0.15) is 41.7 Å². The zero-order valence-corrected chi connectivity index (χ0v) is 20.3. The summed E-state index contributed by atoms with van der Waals surface area (Å²) in [6, 6.07) is 19.5. The number of benzene rings is 3. The summed E-state index contributed by atoms with van der Waals surface area (Å²) in [6.45, 7) is 10.5. The maximum absolute atomic E-state index is 14.7. The number of carbonyl (C=O) groups is 2. The normalized spacial score (nSPS) is 11.0. The average Bonchev–Trinajstić information content (AvgIpc) is 2.85. The van der Waals surface area contributed by atoms with Gasteiger partial charge in [0.15, 0.2) is 0 Å². The van der Waals surface area contributed by atoms with E-state index in [-0.39, 0.29) is 12.4 Å². The zero-order valence-electron chi connectivity index (χ0n) is 20.3. The molecule has 36 heavy (non-hydrogen) atoms. The SMILES string of the molecule is C=C(C)C(=O)OCc1cccc(C=Cc2ccc(C=Cc3cccc(OC(=O)C(=C)C)c3)cc2F)c1. The molecule has 0 aliphatic carbocycles. The molecule has 0 aliphatic rings. The summed E-state index contributed by atoms with van der Waals surface area (Å²) in [5.74, 6) is -0.871. The fraction of sp³-hybridized carbons (Fsp3) is 0.0968. The van der Waals surface area contributed by atoms with Crippen LogP contribution in [0.3, 0.4) is 0 Å². The molecule has 0 aromatic heterocycles. The first kappa shape index (κ1) is 26.1. The van der Waals surface area contributed by atoms with Crippen molar-refractivity contribution in [2.45, 2.75) is 20.5 Å². The molecule has 0 saturated carbocycles. The molecule has 0 radical (unpaired) electrons. The highest BCUT2D eigenvalue weighted by atomic mass is 19.1. The summed E-state index contributed by atoms with van der Waals surface area (Å²) in [5, 5.41) is 0. The van der Waals surface area contributed by atoms with Gasteiger partial charge in [0.05, 0.1) is 0 Å². The van der Waals surface area contributed by atoms with E-state index in [2.05, 4.69) is 13.2 Å². The molecular formula is C31H27FO4. The van der Waals surface area contributed by atoms with Gasteiger partial charge < -0.3 is 9.47 Å². The van der Waals surface area contributed by atoms with Gasteiger partial charge in [0, 0.05) is 16.7 Å². The van der Waals surface area contributed by atoms with Gasteiger partial charge in [0.1, 0.15) is 18.2 Å². The van der Waals surface area contributed by atoms with Crippen LogP contribution in [-0.4, -0.2) is 11.9 Å². The Morgan fingerprint density at radius 2 is 1.39 bits per heavy atom. The maximum atomic E-state index is 14.7. The second-order valence-corrected chi connectivity index (χ2v) is 8.29. The van der Waals surface area contributed by atoms with Crippen molar-refractivity contribution in [1.29, 1.82) is 0 Å². The lowest BCUT2D eigenvalue weighted by Crippen LogP contribution is -2.08. The Morgan fingerprint density at radius 1 is 0.778 bits per heavy atom. The van der Waals surface area contributed by atoms with E-state index in [4.69, 9.17) is 9.47 Å². The predicted octanol–water partition coefficient (Wildman–Crippen LogP) is 7.27. The van der Waals surface area contributed by atoms with Crippen molar-refractivity contribution in [1.82, 2.24) is 0 Å². The number of ether oxygens (including phenoxy) is 2. The lowest BCUT2D eigenvalue weighted by atomic mass is 10.1. The van der Waals surface area contributed by atoms with Crippen molar-refractivity contribution >= 4 is 36.2 Å². The fourth-order valence-electron chi connectivity index (χ4n) is 3.10. The number of rotatable bonds is 9. The van der Waals surface area contributed by atoms with Gasteiger partial charge in [-0.15, -0.1) is 0 Å². The largest absolute Gasteiger partial charge is 0.457 e. The summed E-state index contributed by atoms with van der Waals surface area (Å²) in [5.41, 5.74) is 4.28. The van der Waals surface area contributed by atoms with Crippen LogP contribution in [0.4, 0.5) is 4.39 Å². The summed E-state index contributed by atoms with van der Waals surface area (Å²) in [7, 11) is 0. The molecule has 0 amide bonds. The van der Waals surface area contributed by atoms with Gasteiger partial charge in [-0.25, -0.2) is 14.0 Å². The molecule has 3 aromatic carbocycles. The molecule has 0 aliphatic heterocycles. The molecule has 3 aromatic rings. The van der Waals surface area contributed by atoms with Crippen LogP contribution < -0.4 is 4.74 Å². The second kappa shape index (κ2) is 12.3. The van der Waals surface area contributed by atoms with Crippen molar-refractivity contribution < 1.29 is 23.5 Å². The van der Waals surface area contributed by atoms with E-state index in [9.17, 15) is 14.0 Å². The topological polar surface area (TPSA) is 52.6 Å². The van der Waals surface area contributed by atoms with Crippen molar-refractivity contribution in [2.75, 3.05) is 0 Å². The minimum atomic E-state index is -0.486. The van der Waals surface area contributed by atoms with E-state index < -0.39 is 11.9 Å². The molecule has 0 bridgehead atoms. The molecule has 5 heteroatoms. The van der Waals surface area contributed by atoms with Crippen LogP contribution >= 0.6 is 0 Å². The number of esters is 2. The predicted molar refractivity (Wildman–Crippen MR) is 142 cm³/mol. The highest BCUT2D eigenvalue weighted by Gasteiger charge is 2.06. The molecule has 4 nitrogen and oxygen atoms in total. The lowest BCUT2D eigenvalue weighted by molar-refractivity contribution is -0.140. The van der Waals surface area contributed by atoms with Crippen molar-refractivity contribution in [2.24, 2.45) is 0 Å². The molecule has 0 heterocycles. The molecule has 0 atom stereocenters. The number of hydrogen-bond acceptors (Lipinski definition) is 4. The van der Waals surface area contributed by atoms with E-state index >= 15 is 0 Å². The average molecular weight is 483 g/mol. The van der Waals surface area contributed by atoms with Gasteiger partial charge in [-0.1, -0.05) is 79.9 Å². The Hall–Kier alpha value is -4.51. The van der Waals surface area contributed by atoms with Gasteiger partial charge in [0.2, 0.25) is 0 Å². The standard InChI is InChI=1S/C31H27FO4/c1-21(2)30(33)35-20-26-9-5-7-23(17-26)13-15-27-16-14-25(19-29(27)32)12-11-24-8-6-10-28(18-24)36-31(34)22(3)4/h5-19H,1,3,20H2,2,4H3. The molecule has 182 valence electrons. The number of hydrogen-bond donors (Lipinski definition) is 0. The van der Waals surface area contributed by atoms with E-state index in [1.807, 2.05) is 42.5 Å². The summed E-state index contributed by atoms with van der Waals surface area (Å²) < 4.78 is 25.1. The molecule has 0 fully saturated rings. The first-order valence-electron chi connectivity index (χ1n) is 11.3. The molecule has 0 spiro atoms. The summed E-state index contributed by atoms with van der Waals surface area (Å²) >= 11 is 0. The Balaban J connectivity index is 1.66. The monoisotopic (exact) mass is 482 g/mol. The third-order valence-electron chi connectivity index (χ3n) is 5.03. The van der Waals surface area contributed by atoms with Crippen LogP contribution in [-0.2, 0) is 20.9 Å². The second-order valence-electron chi connectivity index (χ2n) is 8.29. The maximum Gasteiger partial charge on any atom is 0.338 e. The summed E-state index contributed by atoms with van der Waals surface area (Å²) in [4.78, 5) is 23.3. The first-order chi connectivity index (χ1) is 17.2. The first-order valence-corrected chi connectivity index (χ1v) is 11.3. The van der Waals surface area contributed by atoms with E-state index in [0.717, 1.165) is 16.7 Å². The smallest absolute Gasteiger partial charge is 0.338 e. The molecule has 3 rings (SSSR count). The Kier molecular flexibility index (Phi) is 8.89. The van der Waals surface area contributed by atoms with Gasteiger partial charge in [-0.05, 0) is 60.4 Å². The minimum absolute atomic E-state index is 0.141. The molecular weight excluding hydrogens is 455 g/mol. The molecule has 0 unspecified atom stereocenters. The minimum Gasteiger partial charge on any atom is -0.457 e. The van der Waals surface area contributed by atoms with Gasteiger partial charge >= 0.3 is 11.9 Å². The molecule has 0 saturated heterocycles. The third-order valence-corrected chi connectivity index (χ3v) is 5.03. The highest BCUT2D eigenvalue weighted by Crippen LogP contribution is 2.19. The van der Waals surface area contributed by atoms with Crippen LogP contribution in [0.2, 0.25) is 0 Å². The van der Waals surface area contributed by atoms with Gasteiger partial charge in [0.25, 0.3) is 0 Å².